The summed E-state index contributed by atoms with van der Waals surface area (Å²) in [5.74, 6) is 0.0360. The van der Waals surface area contributed by atoms with Gasteiger partial charge in [-0.05, 0) is 19.1 Å². The molecule has 4 nitrogen and oxygen atoms in total. The monoisotopic (exact) mass is 203 g/mol. The second-order valence-corrected chi connectivity index (χ2v) is 3.07. The van der Waals surface area contributed by atoms with Gasteiger partial charge in [0.15, 0.2) is 6.39 Å². The molecule has 0 spiro atoms. The van der Waals surface area contributed by atoms with Crippen LogP contribution in [0.15, 0.2) is 41.3 Å². The number of carbonyl (C=O) groups excluding carboxylic acids is 1. The molecule has 0 atom stereocenters. The molecule has 0 fully saturated rings. The van der Waals surface area contributed by atoms with E-state index in [0.29, 0.717) is 5.75 Å². The van der Waals surface area contributed by atoms with Gasteiger partial charge in [-0.25, -0.2) is 9.78 Å². The third-order valence-electron chi connectivity index (χ3n) is 1.87. The van der Waals surface area contributed by atoms with Crippen LogP contribution in [0.5, 0.6) is 5.75 Å². The Kier molecular flexibility index (Phi) is 2.49. The van der Waals surface area contributed by atoms with Crippen molar-refractivity contribution in [3.05, 3.63) is 48.2 Å². The van der Waals surface area contributed by atoms with Crippen molar-refractivity contribution in [2.24, 2.45) is 0 Å². The van der Waals surface area contributed by atoms with Crippen LogP contribution in [0.2, 0.25) is 0 Å². The zero-order valence-electron chi connectivity index (χ0n) is 8.14. The van der Waals surface area contributed by atoms with Crippen LogP contribution in [0.4, 0.5) is 0 Å². The second-order valence-electron chi connectivity index (χ2n) is 3.07. The average molecular weight is 203 g/mol. The lowest BCUT2D eigenvalue weighted by Crippen LogP contribution is -2.06. The number of hydrogen-bond donors (Lipinski definition) is 0. The molecule has 0 aliphatic heterocycles. The minimum Gasteiger partial charge on any atom is -0.436 e. The summed E-state index contributed by atoms with van der Waals surface area (Å²) < 4.78 is 9.85. The highest BCUT2D eigenvalue weighted by molar-refractivity contribution is 5.87. The molecular formula is C11H9NO3. The van der Waals surface area contributed by atoms with E-state index in [-0.39, 0.29) is 5.76 Å². The lowest BCUT2D eigenvalue weighted by Gasteiger charge is -2.01. The first kappa shape index (κ1) is 9.45. The number of aromatic nitrogens is 1. The zero-order valence-corrected chi connectivity index (χ0v) is 8.14. The molecule has 1 aromatic carbocycles. The zero-order chi connectivity index (χ0) is 10.7. The minimum absolute atomic E-state index is 0.0931. The van der Waals surface area contributed by atoms with Crippen LogP contribution in [0, 0.1) is 6.92 Å². The van der Waals surface area contributed by atoms with E-state index in [1.165, 1.54) is 12.6 Å². The first-order chi connectivity index (χ1) is 7.25. The standard InChI is InChI=1S/C11H9NO3/c1-8-2-4-9(5-3-8)15-11(13)10-6-12-7-14-10/h2-7H,1H3. The molecule has 0 aliphatic carbocycles. The maximum Gasteiger partial charge on any atom is 0.381 e. The van der Waals surface area contributed by atoms with Gasteiger partial charge in [0.2, 0.25) is 5.76 Å². The molecule has 0 aliphatic rings. The van der Waals surface area contributed by atoms with Crippen molar-refractivity contribution in [1.29, 1.82) is 0 Å². The third kappa shape index (κ3) is 2.22. The van der Waals surface area contributed by atoms with Crippen molar-refractivity contribution < 1.29 is 13.9 Å². The number of ether oxygens (including phenoxy) is 1. The molecule has 1 aromatic heterocycles. The highest BCUT2D eigenvalue weighted by Gasteiger charge is 2.11. The smallest absolute Gasteiger partial charge is 0.381 e. The van der Waals surface area contributed by atoms with Crippen LogP contribution in [0.1, 0.15) is 16.1 Å². The van der Waals surface area contributed by atoms with Gasteiger partial charge in [-0.1, -0.05) is 17.7 Å². The maximum absolute atomic E-state index is 11.4. The molecule has 0 N–H and O–H groups in total. The Balaban J connectivity index is 2.09. The summed E-state index contributed by atoms with van der Waals surface area (Å²) in [5, 5.41) is 0. The van der Waals surface area contributed by atoms with E-state index in [1.807, 2.05) is 19.1 Å². The van der Waals surface area contributed by atoms with E-state index in [4.69, 9.17) is 9.15 Å². The summed E-state index contributed by atoms with van der Waals surface area (Å²) >= 11 is 0. The Labute approximate surface area is 86.5 Å². The highest BCUT2D eigenvalue weighted by Crippen LogP contribution is 2.13. The SMILES string of the molecule is Cc1ccc(OC(=O)c2cnco2)cc1. The molecule has 0 unspecified atom stereocenters. The van der Waals surface area contributed by atoms with Crippen LogP contribution < -0.4 is 4.74 Å². The number of hydrogen-bond acceptors (Lipinski definition) is 4. The number of esters is 1. The lowest BCUT2D eigenvalue weighted by atomic mass is 10.2. The molecule has 2 rings (SSSR count). The van der Waals surface area contributed by atoms with Gasteiger partial charge < -0.3 is 9.15 Å². The van der Waals surface area contributed by atoms with E-state index >= 15 is 0 Å². The molecule has 1 heterocycles. The van der Waals surface area contributed by atoms with Gasteiger partial charge in [0.25, 0.3) is 0 Å². The molecular weight excluding hydrogens is 194 g/mol. The first-order valence-electron chi connectivity index (χ1n) is 4.43. The van der Waals surface area contributed by atoms with Crippen molar-refractivity contribution in [2.45, 2.75) is 6.92 Å². The first-order valence-corrected chi connectivity index (χ1v) is 4.43. The van der Waals surface area contributed by atoms with Crippen LogP contribution >= 0.6 is 0 Å². The van der Waals surface area contributed by atoms with Gasteiger partial charge in [0.1, 0.15) is 5.75 Å². The number of carbonyl (C=O) groups is 1. The summed E-state index contributed by atoms with van der Waals surface area (Å²) in [6.07, 6.45) is 2.50. The fourth-order valence-electron chi connectivity index (χ4n) is 1.08. The molecule has 0 radical (unpaired) electrons. The molecule has 0 bridgehead atoms. The third-order valence-corrected chi connectivity index (χ3v) is 1.87. The Morgan fingerprint density at radius 3 is 2.67 bits per heavy atom. The number of oxazole rings is 1. The van der Waals surface area contributed by atoms with E-state index in [1.54, 1.807) is 12.1 Å². The average Bonchev–Trinajstić information content (AvgIpc) is 2.74. The summed E-state index contributed by atoms with van der Waals surface area (Å²) in [6, 6.07) is 7.18. The Hall–Kier alpha value is -2.10. The highest BCUT2D eigenvalue weighted by atomic mass is 16.5. The topological polar surface area (TPSA) is 52.3 Å². The van der Waals surface area contributed by atoms with Crippen LogP contribution in [0.3, 0.4) is 0 Å². The van der Waals surface area contributed by atoms with Crippen molar-refractivity contribution in [1.82, 2.24) is 4.98 Å². The number of aryl methyl sites for hydroxylation is 1. The van der Waals surface area contributed by atoms with E-state index in [2.05, 4.69) is 4.98 Å². The van der Waals surface area contributed by atoms with Crippen molar-refractivity contribution in [2.75, 3.05) is 0 Å². The Morgan fingerprint density at radius 2 is 2.07 bits per heavy atom. The second kappa shape index (κ2) is 3.96. The molecule has 0 saturated carbocycles. The number of benzene rings is 1. The quantitative estimate of drug-likeness (QED) is 0.554. The van der Waals surface area contributed by atoms with Gasteiger partial charge in [-0.3, -0.25) is 0 Å². The number of nitrogens with zero attached hydrogens (tertiary/aromatic N) is 1. The van der Waals surface area contributed by atoms with Crippen LogP contribution in [0.25, 0.3) is 0 Å². The van der Waals surface area contributed by atoms with E-state index in [0.717, 1.165) is 5.56 Å². The molecule has 2 aromatic rings. The summed E-state index contributed by atoms with van der Waals surface area (Å²) in [4.78, 5) is 15.0. The minimum atomic E-state index is -0.545. The Bertz CT molecular complexity index is 445. The van der Waals surface area contributed by atoms with E-state index < -0.39 is 5.97 Å². The van der Waals surface area contributed by atoms with Crippen LogP contribution in [-0.4, -0.2) is 11.0 Å². The van der Waals surface area contributed by atoms with E-state index in [9.17, 15) is 4.79 Å². The predicted molar refractivity (Wildman–Crippen MR) is 52.6 cm³/mol. The van der Waals surface area contributed by atoms with Gasteiger partial charge >= 0.3 is 5.97 Å². The summed E-state index contributed by atoms with van der Waals surface area (Å²) in [5.41, 5.74) is 1.11. The number of rotatable bonds is 2. The van der Waals surface area contributed by atoms with Crippen molar-refractivity contribution >= 4 is 5.97 Å². The van der Waals surface area contributed by atoms with Gasteiger partial charge in [-0.15, -0.1) is 0 Å². The Morgan fingerprint density at radius 1 is 1.33 bits per heavy atom. The molecule has 0 amide bonds. The predicted octanol–water partition coefficient (Wildman–Crippen LogP) is 2.20. The van der Waals surface area contributed by atoms with Crippen LogP contribution in [-0.2, 0) is 0 Å². The van der Waals surface area contributed by atoms with Crippen molar-refractivity contribution in [3.63, 3.8) is 0 Å². The molecule has 4 heteroatoms. The summed E-state index contributed by atoms with van der Waals surface area (Å²) in [7, 11) is 0. The van der Waals surface area contributed by atoms with Gasteiger partial charge in [-0.2, -0.15) is 0 Å². The molecule has 0 saturated heterocycles. The van der Waals surface area contributed by atoms with Gasteiger partial charge in [0, 0.05) is 0 Å². The molecule has 76 valence electrons. The molecule has 15 heavy (non-hydrogen) atoms. The fraction of sp³-hybridized carbons (Fsp3) is 0.0909. The largest absolute Gasteiger partial charge is 0.436 e. The lowest BCUT2D eigenvalue weighted by molar-refractivity contribution is 0.0701. The van der Waals surface area contributed by atoms with Crippen molar-refractivity contribution in [3.8, 4) is 5.75 Å². The van der Waals surface area contributed by atoms with Gasteiger partial charge in [0.05, 0.1) is 6.20 Å². The maximum atomic E-state index is 11.4. The normalized spacial score (nSPS) is 9.93. The summed E-state index contributed by atoms with van der Waals surface area (Å²) in [6.45, 7) is 1.96. The fourth-order valence-corrected chi connectivity index (χ4v) is 1.08.